The molecule has 0 spiro atoms. The highest BCUT2D eigenvalue weighted by Crippen LogP contribution is 2.23. The zero-order valence-corrected chi connectivity index (χ0v) is 12.6. The predicted molar refractivity (Wildman–Crippen MR) is 80.0 cm³/mol. The number of carboxylic acids is 1. The van der Waals surface area contributed by atoms with Crippen LogP contribution in [0.25, 0.3) is 0 Å². The van der Waals surface area contributed by atoms with Crippen LogP contribution in [0.3, 0.4) is 0 Å². The Balaban J connectivity index is 2.80. The van der Waals surface area contributed by atoms with Crippen LogP contribution < -0.4 is 5.32 Å². The zero-order chi connectivity index (χ0) is 16.8. The van der Waals surface area contributed by atoms with E-state index >= 15 is 0 Å². The summed E-state index contributed by atoms with van der Waals surface area (Å²) in [6.45, 7) is 6.77. The average molecular weight is 309 g/mol. The van der Waals surface area contributed by atoms with Crippen molar-refractivity contribution in [2.45, 2.75) is 25.3 Å². The van der Waals surface area contributed by atoms with E-state index in [0.29, 0.717) is 5.56 Å². The van der Waals surface area contributed by atoms with Gasteiger partial charge in [0.05, 0.1) is 18.6 Å². The molecule has 1 aromatic carbocycles. The molecule has 0 bridgehead atoms. The van der Waals surface area contributed by atoms with Crippen molar-refractivity contribution in [2.75, 3.05) is 13.2 Å². The summed E-state index contributed by atoms with van der Waals surface area (Å²) < 4.78 is 18.0. The lowest BCUT2D eigenvalue weighted by atomic mass is 9.83. The number of hydrogen-bond acceptors (Lipinski definition) is 3. The second-order valence-corrected chi connectivity index (χ2v) is 5.32. The normalized spacial score (nSPS) is 12.5. The molecule has 0 saturated heterocycles. The average Bonchev–Trinajstić information content (AvgIpc) is 2.46. The van der Waals surface area contributed by atoms with Gasteiger partial charge >= 0.3 is 5.97 Å². The third kappa shape index (κ3) is 4.66. The van der Waals surface area contributed by atoms with Crippen LogP contribution in [0.15, 0.2) is 36.9 Å². The minimum atomic E-state index is -1.19. The van der Waals surface area contributed by atoms with E-state index in [1.165, 1.54) is 30.3 Å². The topological polar surface area (TPSA) is 75.6 Å². The van der Waals surface area contributed by atoms with Crippen molar-refractivity contribution in [3.05, 3.63) is 48.3 Å². The molecule has 0 radical (unpaired) electrons. The van der Waals surface area contributed by atoms with Crippen LogP contribution >= 0.6 is 0 Å². The molecule has 0 saturated carbocycles. The SMILES string of the molecule is C=CCOCC(NC(=O)C(C)(C)c1ccc(F)cc1)C(=O)O. The third-order valence-corrected chi connectivity index (χ3v) is 3.26. The highest BCUT2D eigenvalue weighted by atomic mass is 19.1. The van der Waals surface area contributed by atoms with E-state index in [4.69, 9.17) is 9.84 Å². The van der Waals surface area contributed by atoms with E-state index in [1.54, 1.807) is 13.8 Å². The lowest BCUT2D eigenvalue weighted by molar-refractivity contribution is -0.144. The number of rotatable bonds is 8. The number of amides is 1. The summed E-state index contributed by atoms with van der Waals surface area (Å²) in [6.07, 6.45) is 1.49. The van der Waals surface area contributed by atoms with Gasteiger partial charge in [0.2, 0.25) is 5.91 Å². The second kappa shape index (κ2) is 7.70. The van der Waals surface area contributed by atoms with Crippen molar-refractivity contribution in [2.24, 2.45) is 0 Å². The Labute approximate surface area is 128 Å². The molecule has 0 fully saturated rings. The fourth-order valence-electron chi connectivity index (χ4n) is 1.78. The van der Waals surface area contributed by atoms with Gasteiger partial charge in [0.1, 0.15) is 5.82 Å². The minimum absolute atomic E-state index is 0.160. The Bertz CT molecular complexity index is 540. The van der Waals surface area contributed by atoms with E-state index in [9.17, 15) is 14.0 Å². The van der Waals surface area contributed by atoms with E-state index in [-0.39, 0.29) is 13.2 Å². The molecule has 0 aliphatic rings. The first-order valence-corrected chi connectivity index (χ1v) is 6.77. The van der Waals surface area contributed by atoms with Crippen molar-refractivity contribution < 1.29 is 23.8 Å². The van der Waals surface area contributed by atoms with Crippen molar-refractivity contribution in [3.8, 4) is 0 Å². The number of benzene rings is 1. The predicted octanol–water partition coefficient (Wildman–Crippen LogP) is 1.88. The van der Waals surface area contributed by atoms with E-state index in [2.05, 4.69) is 11.9 Å². The van der Waals surface area contributed by atoms with Gasteiger partial charge in [-0.1, -0.05) is 18.2 Å². The number of carbonyl (C=O) groups excluding carboxylic acids is 1. The zero-order valence-electron chi connectivity index (χ0n) is 12.6. The first-order valence-electron chi connectivity index (χ1n) is 6.77. The van der Waals surface area contributed by atoms with Gasteiger partial charge in [0, 0.05) is 0 Å². The number of ether oxygens (including phenoxy) is 1. The van der Waals surface area contributed by atoms with Gasteiger partial charge in [-0.25, -0.2) is 9.18 Å². The molecule has 0 aliphatic carbocycles. The molecule has 0 aliphatic heterocycles. The summed E-state index contributed by atoms with van der Waals surface area (Å²) in [5.41, 5.74) is -0.414. The number of nitrogens with one attached hydrogen (secondary N) is 1. The first kappa shape index (κ1) is 17.8. The van der Waals surface area contributed by atoms with Crippen LogP contribution in [-0.2, 0) is 19.7 Å². The van der Waals surface area contributed by atoms with Crippen molar-refractivity contribution in [1.29, 1.82) is 0 Å². The summed E-state index contributed by atoms with van der Waals surface area (Å²) >= 11 is 0. The third-order valence-electron chi connectivity index (χ3n) is 3.26. The Kier molecular flexibility index (Phi) is 6.24. The Morgan fingerprint density at radius 2 is 2.00 bits per heavy atom. The summed E-state index contributed by atoms with van der Waals surface area (Å²) in [4.78, 5) is 23.5. The van der Waals surface area contributed by atoms with Gasteiger partial charge in [-0.15, -0.1) is 6.58 Å². The molecule has 1 unspecified atom stereocenters. The smallest absolute Gasteiger partial charge is 0.328 e. The number of carboxylic acid groups (broad SMARTS) is 1. The van der Waals surface area contributed by atoms with Gasteiger partial charge in [-0.05, 0) is 31.5 Å². The van der Waals surface area contributed by atoms with Gasteiger partial charge < -0.3 is 15.2 Å². The quantitative estimate of drug-likeness (QED) is 0.568. The Morgan fingerprint density at radius 3 is 2.50 bits per heavy atom. The highest BCUT2D eigenvalue weighted by Gasteiger charge is 2.33. The number of halogens is 1. The van der Waals surface area contributed by atoms with Crippen LogP contribution in [0.1, 0.15) is 19.4 Å². The maximum Gasteiger partial charge on any atom is 0.328 e. The minimum Gasteiger partial charge on any atom is -0.480 e. The molecule has 1 aromatic rings. The van der Waals surface area contributed by atoms with Crippen LogP contribution in [-0.4, -0.2) is 36.2 Å². The maximum atomic E-state index is 13.0. The highest BCUT2D eigenvalue weighted by molar-refractivity contribution is 5.90. The molecule has 22 heavy (non-hydrogen) atoms. The van der Waals surface area contributed by atoms with E-state index in [0.717, 1.165) is 0 Å². The van der Waals surface area contributed by atoms with Crippen molar-refractivity contribution in [1.82, 2.24) is 5.32 Å². The lowest BCUT2D eigenvalue weighted by Gasteiger charge is -2.26. The summed E-state index contributed by atoms with van der Waals surface area (Å²) in [5.74, 6) is -2.07. The summed E-state index contributed by atoms with van der Waals surface area (Å²) in [6, 6.07) is 4.35. The molecule has 1 rings (SSSR count). The number of hydrogen-bond donors (Lipinski definition) is 2. The number of carbonyl (C=O) groups is 2. The molecule has 1 amide bonds. The molecule has 6 heteroatoms. The molecule has 2 N–H and O–H groups in total. The fourth-order valence-corrected chi connectivity index (χ4v) is 1.78. The Morgan fingerprint density at radius 1 is 1.41 bits per heavy atom. The van der Waals surface area contributed by atoms with Gasteiger partial charge in [0.15, 0.2) is 6.04 Å². The standard InChI is InChI=1S/C16H20FNO4/c1-4-9-22-10-13(14(19)20)18-15(21)16(2,3)11-5-7-12(17)8-6-11/h4-8,13H,1,9-10H2,2-3H3,(H,18,21)(H,19,20). The molecule has 120 valence electrons. The molecule has 0 aromatic heterocycles. The van der Waals surface area contributed by atoms with Crippen LogP contribution in [0.5, 0.6) is 0 Å². The monoisotopic (exact) mass is 309 g/mol. The van der Waals surface area contributed by atoms with Crippen molar-refractivity contribution in [3.63, 3.8) is 0 Å². The molecule has 0 heterocycles. The van der Waals surface area contributed by atoms with E-state index in [1.807, 2.05) is 0 Å². The second-order valence-electron chi connectivity index (χ2n) is 5.32. The summed E-state index contributed by atoms with van der Waals surface area (Å²) in [5, 5.41) is 11.6. The first-order chi connectivity index (χ1) is 10.3. The number of aliphatic carboxylic acids is 1. The van der Waals surface area contributed by atoms with Gasteiger partial charge in [-0.2, -0.15) is 0 Å². The van der Waals surface area contributed by atoms with Crippen molar-refractivity contribution >= 4 is 11.9 Å². The summed E-state index contributed by atoms with van der Waals surface area (Å²) in [7, 11) is 0. The lowest BCUT2D eigenvalue weighted by Crippen LogP contribution is -2.50. The van der Waals surface area contributed by atoms with Gasteiger partial charge in [-0.3, -0.25) is 4.79 Å². The van der Waals surface area contributed by atoms with E-state index < -0.39 is 29.2 Å². The molecule has 1 atom stereocenters. The molecular weight excluding hydrogens is 289 g/mol. The maximum absolute atomic E-state index is 13.0. The van der Waals surface area contributed by atoms with Crippen LogP contribution in [0.4, 0.5) is 4.39 Å². The largest absolute Gasteiger partial charge is 0.480 e. The fraction of sp³-hybridized carbons (Fsp3) is 0.375. The molecule has 5 nitrogen and oxygen atoms in total. The Hall–Kier alpha value is -2.21. The van der Waals surface area contributed by atoms with Gasteiger partial charge in [0.25, 0.3) is 0 Å². The van der Waals surface area contributed by atoms with Crippen LogP contribution in [0.2, 0.25) is 0 Å². The van der Waals surface area contributed by atoms with Crippen LogP contribution in [0, 0.1) is 5.82 Å². The molecular formula is C16H20FNO4.